The molecule has 7 heteroatoms. The quantitative estimate of drug-likeness (QED) is 0.0630. The molecule has 0 radical (unpaired) electrons. The van der Waals surface area contributed by atoms with Crippen molar-refractivity contribution in [2.75, 3.05) is 27.3 Å². The molecule has 2 unspecified atom stereocenters. The highest BCUT2D eigenvalue weighted by molar-refractivity contribution is 5.70. The van der Waals surface area contributed by atoms with Crippen molar-refractivity contribution in [1.29, 1.82) is 0 Å². The second-order valence-corrected chi connectivity index (χ2v) is 19.5. The van der Waals surface area contributed by atoms with E-state index in [2.05, 4.69) is 44.7 Å². The van der Waals surface area contributed by atoms with Crippen LogP contribution in [0, 0.1) is 23.7 Å². The first kappa shape index (κ1) is 57.7. The second kappa shape index (κ2) is 40.2. The first-order valence-electron chi connectivity index (χ1n) is 26.6. The Morgan fingerprint density at radius 2 is 0.726 bits per heavy atom. The molecule has 7 nitrogen and oxygen atoms in total. The Kier molecular flexibility index (Phi) is 37.5. The fourth-order valence-corrected chi connectivity index (χ4v) is 9.35. The average Bonchev–Trinajstić information content (AvgIpc) is 3.23. The van der Waals surface area contributed by atoms with Crippen LogP contribution in [0.25, 0.3) is 0 Å². The van der Waals surface area contributed by atoms with Crippen LogP contribution < -0.4 is 9.47 Å². The SMILES string of the molecule is CCCCCC(CCCCC)CCCCCCC(CCCCOc1cc(CN(C)C)cc(OCCCCC(CCCCCCC(CCCCC)CCCCC)C(=O)O)c1)C(=O)O. The van der Waals surface area contributed by atoms with E-state index in [0.717, 1.165) is 99.7 Å². The lowest BCUT2D eigenvalue weighted by Crippen LogP contribution is -2.14. The van der Waals surface area contributed by atoms with Crippen LogP contribution in [0.2, 0.25) is 0 Å². The number of nitrogens with zero attached hydrogens (tertiary/aromatic N) is 1. The smallest absolute Gasteiger partial charge is 0.306 e. The molecule has 0 aliphatic heterocycles. The highest BCUT2D eigenvalue weighted by atomic mass is 16.5. The molecule has 0 spiro atoms. The summed E-state index contributed by atoms with van der Waals surface area (Å²) >= 11 is 0. The van der Waals surface area contributed by atoms with Gasteiger partial charge in [-0.2, -0.15) is 0 Å². The molecule has 0 bridgehead atoms. The van der Waals surface area contributed by atoms with Crippen LogP contribution in [-0.2, 0) is 16.1 Å². The summed E-state index contributed by atoms with van der Waals surface area (Å²) < 4.78 is 12.4. The topological polar surface area (TPSA) is 96.3 Å². The van der Waals surface area contributed by atoms with Crippen molar-refractivity contribution in [2.45, 2.75) is 253 Å². The Morgan fingerprint density at radius 3 is 1.02 bits per heavy atom. The van der Waals surface area contributed by atoms with Crippen molar-refractivity contribution >= 4 is 11.9 Å². The minimum Gasteiger partial charge on any atom is -0.493 e. The molecule has 2 N–H and O–H groups in total. The fourth-order valence-electron chi connectivity index (χ4n) is 9.35. The fraction of sp³-hybridized carbons (Fsp3) is 0.855. The lowest BCUT2D eigenvalue weighted by molar-refractivity contribution is -0.143. The van der Waals surface area contributed by atoms with Gasteiger partial charge in [0.15, 0.2) is 0 Å². The zero-order chi connectivity index (χ0) is 45.5. The van der Waals surface area contributed by atoms with Crippen molar-refractivity contribution < 1.29 is 29.3 Å². The number of hydrogen-bond acceptors (Lipinski definition) is 5. The van der Waals surface area contributed by atoms with E-state index >= 15 is 0 Å². The van der Waals surface area contributed by atoms with Crippen LogP contribution in [0.4, 0.5) is 0 Å². The maximum Gasteiger partial charge on any atom is 0.306 e. The van der Waals surface area contributed by atoms with E-state index in [4.69, 9.17) is 9.47 Å². The van der Waals surface area contributed by atoms with Crippen molar-refractivity contribution in [2.24, 2.45) is 23.7 Å². The molecular formula is C55H101NO6. The molecule has 362 valence electrons. The number of unbranched alkanes of at least 4 members (excludes halogenated alkanes) is 16. The first-order valence-corrected chi connectivity index (χ1v) is 26.6. The molecule has 0 amide bonds. The molecule has 0 fully saturated rings. The monoisotopic (exact) mass is 872 g/mol. The molecule has 0 aliphatic carbocycles. The number of rotatable bonds is 46. The predicted octanol–water partition coefficient (Wildman–Crippen LogP) is 16.5. The van der Waals surface area contributed by atoms with Crippen molar-refractivity contribution in [1.82, 2.24) is 4.90 Å². The van der Waals surface area contributed by atoms with Crippen LogP contribution in [0.15, 0.2) is 18.2 Å². The summed E-state index contributed by atoms with van der Waals surface area (Å²) in [6.45, 7) is 11.0. The lowest BCUT2D eigenvalue weighted by Gasteiger charge is -2.17. The molecular weight excluding hydrogens is 771 g/mol. The molecule has 0 saturated heterocycles. The van der Waals surface area contributed by atoms with Gasteiger partial charge in [-0.1, -0.05) is 195 Å². The van der Waals surface area contributed by atoms with E-state index in [1.54, 1.807) is 0 Å². The molecule has 1 aromatic carbocycles. The van der Waals surface area contributed by atoms with Gasteiger partial charge in [0.05, 0.1) is 25.0 Å². The van der Waals surface area contributed by atoms with Crippen molar-refractivity contribution in [3.05, 3.63) is 23.8 Å². The van der Waals surface area contributed by atoms with Gasteiger partial charge < -0.3 is 24.6 Å². The molecule has 62 heavy (non-hydrogen) atoms. The lowest BCUT2D eigenvalue weighted by atomic mass is 9.89. The van der Waals surface area contributed by atoms with Crippen LogP contribution in [0.1, 0.15) is 252 Å². The number of benzene rings is 1. The highest BCUT2D eigenvalue weighted by Gasteiger charge is 2.18. The predicted molar refractivity (Wildman–Crippen MR) is 264 cm³/mol. The van der Waals surface area contributed by atoms with E-state index < -0.39 is 11.9 Å². The van der Waals surface area contributed by atoms with E-state index in [0.29, 0.717) is 26.1 Å². The van der Waals surface area contributed by atoms with Crippen molar-refractivity contribution in [3.63, 3.8) is 0 Å². The Hall–Kier alpha value is -2.28. The highest BCUT2D eigenvalue weighted by Crippen LogP contribution is 2.28. The Balaban J connectivity index is 2.43. The van der Waals surface area contributed by atoms with Gasteiger partial charge in [-0.05, 0) is 95.0 Å². The van der Waals surface area contributed by atoms with Crippen LogP contribution in [-0.4, -0.2) is 54.4 Å². The molecule has 0 aliphatic rings. The van der Waals surface area contributed by atoms with Crippen molar-refractivity contribution in [3.8, 4) is 11.5 Å². The Labute approximate surface area is 383 Å². The van der Waals surface area contributed by atoms with E-state index in [-0.39, 0.29) is 11.8 Å². The van der Waals surface area contributed by atoms with Gasteiger partial charge in [0.1, 0.15) is 11.5 Å². The van der Waals surface area contributed by atoms with E-state index in [9.17, 15) is 19.8 Å². The summed E-state index contributed by atoms with van der Waals surface area (Å²) in [4.78, 5) is 26.3. The number of hydrogen-bond donors (Lipinski definition) is 2. The molecule has 1 rings (SSSR count). The molecule has 1 aromatic rings. The summed E-state index contributed by atoms with van der Waals surface area (Å²) in [6, 6.07) is 6.10. The summed E-state index contributed by atoms with van der Waals surface area (Å²) in [5, 5.41) is 19.8. The van der Waals surface area contributed by atoms with Gasteiger partial charge in [-0.25, -0.2) is 0 Å². The molecule has 0 saturated carbocycles. The minimum atomic E-state index is -0.658. The molecule has 0 heterocycles. The normalized spacial score (nSPS) is 12.7. The number of ether oxygens (including phenoxy) is 2. The minimum absolute atomic E-state index is 0.270. The maximum atomic E-state index is 12.1. The number of aliphatic carboxylic acids is 2. The van der Waals surface area contributed by atoms with E-state index in [1.165, 1.54) is 141 Å². The van der Waals surface area contributed by atoms with Crippen LogP contribution in [0.3, 0.4) is 0 Å². The second-order valence-electron chi connectivity index (χ2n) is 19.5. The van der Waals surface area contributed by atoms with Crippen LogP contribution >= 0.6 is 0 Å². The summed E-state index contributed by atoms with van der Waals surface area (Å²) in [6.07, 6.45) is 39.9. The average molecular weight is 872 g/mol. The number of carboxylic acid groups (broad SMARTS) is 2. The third kappa shape index (κ3) is 32.4. The molecule has 0 aromatic heterocycles. The summed E-state index contributed by atoms with van der Waals surface area (Å²) in [7, 11) is 4.10. The summed E-state index contributed by atoms with van der Waals surface area (Å²) in [5.74, 6) is 1.46. The van der Waals surface area contributed by atoms with Gasteiger partial charge in [-0.15, -0.1) is 0 Å². The third-order valence-corrected chi connectivity index (χ3v) is 13.3. The van der Waals surface area contributed by atoms with Gasteiger partial charge >= 0.3 is 11.9 Å². The van der Waals surface area contributed by atoms with Crippen LogP contribution in [0.5, 0.6) is 11.5 Å². The first-order chi connectivity index (χ1) is 30.1. The number of carbonyl (C=O) groups is 2. The van der Waals surface area contributed by atoms with Gasteiger partial charge in [0.25, 0.3) is 0 Å². The zero-order valence-corrected chi connectivity index (χ0v) is 41.7. The van der Waals surface area contributed by atoms with E-state index in [1.807, 2.05) is 20.2 Å². The Morgan fingerprint density at radius 1 is 0.435 bits per heavy atom. The zero-order valence-electron chi connectivity index (χ0n) is 41.7. The van der Waals surface area contributed by atoms with Gasteiger partial charge in [-0.3, -0.25) is 9.59 Å². The third-order valence-electron chi connectivity index (χ3n) is 13.3. The standard InChI is InChI=1S/C55H101NO6/c1-7-11-19-31-47(32-20-12-8-2)35-23-15-17-25-37-50(54(57)58)39-27-29-41-61-52-43-49(46-56(5)6)44-53(45-52)62-42-30-28-40-51(55(59)60)38-26-18-16-24-36-48(33-21-13-9-3)34-22-14-10-4/h43-45,47-48,50-51H,7-42,46H2,1-6H3,(H,57,58)(H,59,60). The largest absolute Gasteiger partial charge is 0.493 e. The van der Waals surface area contributed by atoms with Gasteiger partial charge in [0, 0.05) is 12.6 Å². The van der Waals surface area contributed by atoms with Gasteiger partial charge in [0.2, 0.25) is 0 Å². The summed E-state index contributed by atoms with van der Waals surface area (Å²) in [5.41, 5.74) is 1.12. The number of carboxylic acids is 2. The maximum absolute atomic E-state index is 12.1. The Bertz CT molecular complexity index is 1090. The molecule has 2 atom stereocenters.